The first-order valence-corrected chi connectivity index (χ1v) is 13.7. The molecule has 1 aromatic heterocycles. The summed E-state index contributed by atoms with van der Waals surface area (Å²) in [6, 6.07) is 6.17. The fourth-order valence-corrected chi connectivity index (χ4v) is 6.95. The molecule has 4 heterocycles. The van der Waals surface area contributed by atoms with E-state index in [-0.39, 0.29) is 28.8 Å². The number of aryl methyl sites for hydroxylation is 1. The number of rotatable bonds is 5. The van der Waals surface area contributed by atoms with Crippen LogP contribution in [-0.2, 0) is 24.3 Å². The minimum absolute atomic E-state index is 0.0297. The van der Waals surface area contributed by atoms with Crippen molar-refractivity contribution in [2.24, 2.45) is 5.92 Å². The number of halogens is 1. The molecule has 0 radical (unpaired) electrons. The third kappa shape index (κ3) is 4.84. The van der Waals surface area contributed by atoms with E-state index in [0.717, 1.165) is 0 Å². The average Bonchev–Trinajstić information content (AvgIpc) is 3.50. The molecular weight excluding hydrogens is 489 g/mol. The zero-order chi connectivity index (χ0) is 25.3. The molecule has 9 nitrogen and oxygen atoms in total. The highest BCUT2D eigenvalue weighted by Crippen LogP contribution is 2.34. The van der Waals surface area contributed by atoms with Gasteiger partial charge in [0.1, 0.15) is 11.5 Å². The van der Waals surface area contributed by atoms with Crippen LogP contribution in [0.2, 0.25) is 0 Å². The second-order valence-corrected chi connectivity index (χ2v) is 11.3. The van der Waals surface area contributed by atoms with Crippen molar-refractivity contribution in [3.63, 3.8) is 0 Å². The monoisotopic (exact) mass is 519 g/mol. The molecule has 11 heteroatoms. The van der Waals surface area contributed by atoms with Gasteiger partial charge in [-0.15, -0.1) is 0 Å². The maximum Gasteiger partial charge on any atom is 0.248 e. The van der Waals surface area contributed by atoms with Gasteiger partial charge in [0.2, 0.25) is 15.9 Å². The van der Waals surface area contributed by atoms with Crippen molar-refractivity contribution in [3.05, 3.63) is 47.1 Å². The first-order valence-electron chi connectivity index (χ1n) is 12.2. The highest BCUT2D eigenvalue weighted by atomic mass is 32.2. The molecule has 3 saturated heterocycles. The van der Waals surface area contributed by atoms with Crippen molar-refractivity contribution in [1.29, 1.82) is 0 Å². The summed E-state index contributed by atoms with van der Waals surface area (Å²) >= 11 is 0. The summed E-state index contributed by atoms with van der Waals surface area (Å²) in [7, 11) is -3.99. The van der Waals surface area contributed by atoms with Crippen LogP contribution in [0.25, 0.3) is 12.2 Å². The molecule has 2 aromatic rings. The Morgan fingerprint density at radius 2 is 1.86 bits per heavy atom. The largest absolute Gasteiger partial charge is 0.355 e. The summed E-state index contributed by atoms with van der Waals surface area (Å²) in [6.45, 7) is 4.15. The molecular formula is C25H30FN3O6S. The molecule has 36 heavy (non-hydrogen) atoms. The van der Waals surface area contributed by atoms with Crippen LogP contribution >= 0.6 is 0 Å². The van der Waals surface area contributed by atoms with Crippen molar-refractivity contribution in [3.8, 4) is 0 Å². The Morgan fingerprint density at radius 3 is 2.58 bits per heavy atom. The first-order chi connectivity index (χ1) is 17.3. The van der Waals surface area contributed by atoms with E-state index in [1.54, 1.807) is 30.0 Å². The van der Waals surface area contributed by atoms with Gasteiger partial charge in [0.05, 0.1) is 19.1 Å². The predicted molar refractivity (Wildman–Crippen MR) is 128 cm³/mol. The second-order valence-electron chi connectivity index (χ2n) is 9.45. The summed E-state index contributed by atoms with van der Waals surface area (Å²) in [4.78, 5) is 15.0. The van der Waals surface area contributed by atoms with Gasteiger partial charge in [-0.2, -0.15) is 4.31 Å². The molecule has 194 valence electrons. The highest BCUT2D eigenvalue weighted by Gasteiger charge is 2.43. The minimum Gasteiger partial charge on any atom is -0.355 e. The molecule has 0 bridgehead atoms. The van der Waals surface area contributed by atoms with E-state index in [2.05, 4.69) is 5.16 Å². The van der Waals surface area contributed by atoms with Gasteiger partial charge in [-0.3, -0.25) is 4.79 Å². The van der Waals surface area contributed by atoms with E-state index in [1.165, 1.54) is 22.5 Å². The number of piperidine rings is 2. The van der Waals surface area contributed by atoms with Crippen molar-refractivity contribution < 1.29 is 31.6 Å². The van der Waals surface area contributed by atoms with E-state index in [1.807, 2.05) is 0 Å². The Kier molecular flexibility index (Phi) is 6.99. The summed E-state index contributed by atoms with van der Waals surface area (Å²) in [6.07, 6.45) is 5.30. The quantitative estimate of drug-likeness (QED) is 0.598. The number of nitrogens with zero attached hydrogens (tertiary/aromatic N) is 3. The zero-order valence-corrected chi connectivity index (χ0v) is 21.0. The topological polar surface area (TPSA) is 102 Å². The normalized spacial score (nSPS) is 23.1. The number of hydrogen-bond acceptors (Lipinski definition) is 7. The van der Waals surface area contributed by atoms with Gasteiger partial charge < -0.3 is 18.9 Å². The minimum atomic E-state index is -3.99. The summed E-state index contributed by atoms with van der Waals surface area (Å²) in [5, 5.41) is 3.85. The molecule has 1 amide bonds. The fourth-order valence-electron chi connectivity index (χ4n) is 5.18. The number of carbonyl (C=O) groups is 1. The zero-order valence-electron chi connectivity index (χ0n) is 20.2. The Hall–Kier alpha value is -2.60. The van der Waals surface area contributed by atoms with Crippen LogP contribution in [0.4, 0.5) is 4.39 Å². The lowest BCUT2D eigenvalue weighted by molar-refractivity contribution is -0.188. The van der Waals surface area contributed by atoms with Crippen LogP contribution in [0, 0.1) is 18.7 Å². The number of sulfonamides is 1. The van der Waals surface area contributed by atoms with Gasteiger partial charge in [0.15, 0.2) is 16.4 Å². The van der Waals surface area contributed by atoms with E-state index in [4.69, 9.17) is 14.0 Å². The van der Waals surface area contributed by atoms with Gasteiger partial charge >= 0.3 is 0 Å². The molecule has 3 aliphatic heterocycles. The van der Waals surface area contributed by atoms with E-state index >= 15 is 0 Å². The van der Waals surface area contributed by atoms with Crippen molar-refractivity contribution in [2.45, 2.75) is 43.3 Å². The van der Waals surface area contributed by atoms with Crippen LogP contribution in [0.5, 0.6) is 0 Å². The third-order valence-corrected chi connectivity index (χ3v) is 9.16. The van der Waals surface area contributed by atoms with Crippen LogP contribution in [0.3, 0.4) is 0 Å². The summed E-state index contributed by atoms with van der Waals surface area (Å²) < 4.78 is 59.4. The number of ether oxygens (including phenoxy) is 2. The second kappa shape index (κ2) is 10.0. The molecule has 1 aromatic carbocycles. The van der Waals surface area contributed by atoms with E-state index in [0.29, 0.717) is 64.1 Å². The van der Waals surface area contributed by atoms with E-state index < -0.39 is 27.5 Å². The number of benzene rings is 1. The molecule has 1 spiro atoms. The van der Waals surface area contributed by atoms with Gasteiger partial charge in [0, 0.05) is 44.6 Å². The molecule has 3 fully saturated rings. The van der Waals surface area contributed by atoms with Crippen LogP contribution in [0.1, 0.15) is 42.7 Å². The Morgan fingerprint density at radius 1 is 1.14 bits per heavy atom. The van der Waals surface area contributed by atoms with Gasteiger partial charge in [-0.25, -0.2) is 12.8 Å². The molecule has 1 atom stereocenters. The summed E-state index contributed by atoms with van der Waals surface area (Å²) in [5.41, 5.74) is 0.518. The lowest BCUT2D eigenvalue weighted by atomic mass is 9.96. The molecule has 0 unspecified atom stereocenters. The molecule has 0 saturated carbocycles. The Balaban J connectivity index is 1.30. The third-order valence-electron chi connectivity index (χ3n) is 7.13. The van der Waals surface area contributed by atoms with Crippen LogP contribution in [0.15, 0.2) is 33.7 Å². The van der Waals surface area contributed by atoms with Crippen molar-refractivity contribution in [2.75, 3.05) is 39.4 Å². The highest BCUT2D eigenvalue weighted by molar-refractivity contribution is 7.89. The SMILES string of the molecule is Cc1noc(/C=C/c2ccccc2F)c1S(=O)(=O)N1CCC[C@@H](C(=O)N2CCC3(CC2)OCCO3)C1. The number of aromatic nitrogens is 1. The predicted octanol–water partition coefficient (Wildman–Crippen LogP) is 3.06. The summed E-state index contributed by atoms with van der Waals surface area (Å²) in [5.74, 6) is -1.43. The average molecular weight is 520 g/mol. The number of amides is 1. The van der Waals surface area contributed by atoms with Crippen LogP contribution < -0.4 is 0 Å². The number of carbonyl (C=O) groups excluding carboxylic acids is 1. The standard InChI is InChI=1S/C25H30FN3O6S/c1-18-23(22(35-27-18)9-8-19-5-2-3-7-21(19)26)36(31,32)29-12-4-6-20(17-29)24(30)28-13-10-25(11-14-28)33-15-16-34-25/h2-3,5,7-9,20H,4,6,10-17H2,1H3/b9-8+/t20-/m1/s1. The smallest absolute Gasteiger partial charge is 0.248 e. The molecule has 0 N–H and O–H groups in total. The Bertz CT molecular complexity index is 1240. The lowest BCUT2D eigenvalue weighted by Crippen LogP contribution is -2.51. The van der Waals surface area contributed by atoms with Crippen molar-refractivity contribution >= 4 is 28.1 Å². The maximum atomic E-state index is 14.0. The number of hydrogen-bond donors (Lipinski definition) is 0. The molecule has 0 aliphatic carbocycles. The van der Waals surface area contributed by atoms with Crippen LogP contribution in [-0.4, -0.2) is 73.9 Å². The van der Waals surface area contributed by atoms with Gasteiger partial charge in [-0.05, 0) is 38.0 Å². The lowest BCUT2D eigenvalue weighted by Gasteiger charge is -2.40. The molecule has 5 rings (SSSR count). The molecule has 3 aliphatic rings. The van der Waals surface area contributed by atoms with E-state index in [9.17, 15) is 17.6 Å². The fraction of sp³-hybridized carbons (Fsp3) is 0.520. The van der Waals surface area contributed by atoms with Gasteiger partial charge in [-0.1, -0.05) is 23.4 Å². The van der Waals surface area contributed by atoms with Crippen molar-refractivity contribution in [1.82, 2.24) is 14.4 Å². The Labute approximate surface area is 209 Å². The number of likely N-dealkylation sites (tertiary alicyclic amines) is 1. The maximum absolute atomic E-state index is 14.0. The van der Waals surface area contributed by atoms with Gasteiger partial charge in [0.25, 0.3) is 0 Å². The first kappa shape index (κ1) is 25.1.